The van der Waals surface area contributed by atoms with Crippen LogP contribution in [0, 0.1) is 0 Å². The lowest BCUT2D eigenvalue weighted by Crippen LogP contribution is -2.18. The Kier molecular flexibility index (Phi) is 3.92. The number of nitrogens with zero attached hydrogens (tertiary/aromatic N) is 1. The van der Waals surface area contributed by atoms with Gasteiger partial charge in [0.25, 0.3) is 11.5 Å². The van der Waals surface area contributed by atoms with Crippen LogP contribution in [0.15, 0.2) is 53.3 Å². The zero-order valence-corrected chi connectivity index (χ0v) is 14.2. The number of anilines is 1. The Hall–Kier alpha value is -3.94. The smallest absolute Gasteiger partial charge is 0.359 e. The molecule has 0 spiro atoms. The van der Waals surface area contributed by atoms with Gasteiger partial charge in [-0.25, -0.2) is 4.79 Å². The number of hydrogen-bond donors (Lipinski definition) is 3. The molecule has 1 amide bonds. The van der Waals surface area contributed by atoms with Gasteiger partial charge in [-0.15, -0.1) is 0 Å². The van der Waals surface area contributed by atoms with Crippen LogP contribution in [-0.2, 0) is 4.74 Å². The van der Waals surface area contributed by atoms with Crippen molar-refractivity contribution in [2.24, 2.45) is 0 Å². The van der Waals surface area contributed by atoms with E-state index in [2.05, 4.69) is 20.5 Å². The van der Waals surface area contributed by atoms with Gasteiger partial charge in [0, 0.05) is 16.5 Å². The lowest BCUT2D eigenvalue weighted by atomic mass is 10.1. The van der Waals surface area contributed by atoms with E-state index in [4.69, 9.17) is 4.74 Å². The molecule has 0 bridgehead atoms. The van der Waals surface area contributed by atoms with Crippen molar-refractivity contribution in [3.63, 3.8) is 0 Å². The molecule has 4 aromatic rings. The fourth-order valence-electron chi connectivity index (χ4n) is 2.88. The van der Waals surface area contributed by atoms with Crippen LogP contribution >= 0.6 is 0 Å². The fourth-order valence-corrected chi connectivity index (χ4v) is 2.88. The van der Waals surface area contributed by atoms with Gasteiger partial charge in [-0.2, -0.15) is 5.10 Å². The number of pyridine rings is 1. The van der Waals surface area contributed by atoms with Gasteiger partial charge in [0.15, 0.2) is 5.69 Å². The minimum absolute atomic E-state index is 0.128. The van der Waals surface area contributed by atoms with Crippen LogP contribution in [-0.4, -0.2) is 34.2 Å². The number of carbonyl (C=O) groups excluding carboxylic acids is 2. The average molecular weight is 362 g/mol. The van der Waals surface area contributed by atoms with Gasteiger partial charge in [0.05, 0.1) is 12.6 Å². The molecule has 0 aliphatic carbocycles. The zero-order chi connectivity index (χ0) is 19.0. The monoisotopic (exact) mass is 362 g/mol. The summed E-state index contributed by atoms with van der Waals surface area (Å²) in [5, 5.41) is 11.1. The molecule has 0 atom stereocenters. The topological polar surface area (TPSA) is 117 Å². The summed E-state index contributed by atoms with van der Waals surface area (Å²) in [7, 11) is 1.27. The predicted molar refractivity (Wildman–Crippen MR) is 100.0 cm³/mol. The van der Waals surface area contributed by atoms with E-state index in [1.54, 1.807) is 48.5 Å². The number of H-pyrrole nitrogens is 2. The molecule has 0 saturated carbocycles. The molecule has 8 nitrogen and oxygen atoms in total. The van der Waals surface area contributed by atoms with E-state index in [9.17, 15) is 14.4 Å². The summed E-state index contributed by atoms with van der Waals surface area (Å²) >= 11 is 0. The Balaban J connectivity index is 1.68. The summed E-state index contributed by atoms with van der Waals surface area (Å²) in [5.41, 5.74) is 1.01. The van der Waals surface area contributed by atoms with Gasteiger partial charge in [0.1, 0.15) is 5.69 Å². The first-order valence-corrected chi connectivity index (χ1v) is 8.06. The maximum absolute atomic E-state index is 12.6. The molecular formula is C19H14N4O4. The van der Waals surface area contributed by atoms with Crippen LogP contribution < -0.4 is 10.9 Å². The molecule has 0 aliphatic rings. The number of hydrogen-bond acceptors (Lipinski definition) is 5. The highest BCUT2D eigenvalue weighted by Crippen LogP contribution is 2.22. The van der Waals surface area contributed by atoms with Crippen molar-refractivity contribution < 1.29 is 14.3 Å². The molecule has 2 heterocycles. The van der Waals surface area contributed by atoms with Crippen molar-refractivity contribution >= 4 is 39.2 Å². The molecule has 0 saturated heterocycles. The minimum Gasteiger partial charge on any atom is -0.464 e. The molecule has 3 N–H and O–H groups in total. The molecule has 4 rings (SSSR count). The number of carbonyl (C=O) groups is 2. The number of methoxy groups -OCH3 is 1. The molecule has 0 radical (unpaired) electrons. The van der Waals surface area contributed by atoms with E-state index in [0.29, 0.717) is 27.4 Å². The second kappa shape index (κ2) is 6.41. The summed E-state index contributed by atoms with van der Waals surface area (Å²) in [5.74, 6) is -1.05. The third kappa shape index (κ3) is 2.93. The number of esters is 1. The van der Waals surface area contributed by atoms with Gasteiger partial charge in [-0.1, -0.05) is 18.2 Å². The SMILES string of the molecule is COC(=O)c1n[nH]c2ccc(NC(=O)c3cc4ccccc4c(=O)[nH]3)cc12. The molecule has 27 heavy (non-hydrogen) atoms. The summed E-state index contributed by atoms with van der Waals surface area (Å²) in [6, 6.07) is 13.6. The lowest BCUT2D eigenvalue weighted by Gasteiger charge is -2.07. The first-order valence-electron chi connectivity index (χ1n) is 8.06. The van der Waals surface area contributed by atoms with Crippen molar-refractivity contribution in [3.8, 4) is 0 Å². The number of aromatic nitrogens is 3. The highest BCUT2D eigenvalue weighted by Gasteiger charge is 2.16. The highest BCUT2D eigenvalue weighted by molar-refractivity contribution is 6.07. The molecule has 0 fully saturated rings. The Morgan fingerprint density at radius 3 is 2.70 bits per heavy atom. The number of nitrogens with one attached hydrogen (secondary N) is 3. The third-order valence-electron chi connectivity index (χ3n) is 4.20. The van der Waals surface area contributed by atoms with E-state index in [-0.39, 0.29) is 16.9 Å². The maximum atomic E-state index is 12.6. The fraction of sp³-hybridized carbons (Fsp3) is 0.0526. The molecule has 8 heteroatoms. The standard InChI is InChI=1S/C19H14N4O4/c1-27-19(26)16-13-9-11(6-7-14(13)22-23-16)20-18(25)15-8-10-4-2-3-5-12(10)17(24)21-15/h2-9H,1H3,(H,20,25)(H,21,24)(H,22,23). The Morgan fingerprint density at radius 2 is 1.89 bits per heavy atom. The number of rotatable bonds is 3. The number of amides is 1. The summed E-state index contributed by atoms with van der Waals surface area (Å²) in [4.78, 5) is 39.1. The molecule has 2 aromatic carbocycles. The van der Waals surface area contributed by atoms with E-state index >= 15 is 0 Å². The van der Waals surface area contributed by atoms with Crippen LogP contribution in [0.25, 0.3) is 21.7 Å². The summed E-state index contributed by atoms with van der Waals surface area (Å²) in [6.07, 6.45) is 0. The number of ether oxygens (including phenoxy) is 1. The van der Waals surface area contributed by atoms with Crippen molar-refractivity contribution in [1.29, 1.82) is 0 Å². The zero-order valence-electron chi connectivity index (χ0n) is 14.2. The van der Waals surface area contributed by atoms with Gasteiger partial charge in [0.2, 0.25) is 0 Å². The average Bonchev–Trinajstić information content (AvgIpc) is 3.10. The Labute approximate surface area is 152 Å². The first kappa shape index (κ1) is 16.5. The second-order valence-corrected chi connectivity index (χ2v) is 5.88. The maximum Gasteiger partial charge on any atom is 0.359 e. The van der Waals surface area contributed by atoms with E-state index < -0.39 is 11.9 Å². The van der Waals surface area contributed by atoms with E-state index in [1.165, 1.54) is 7.11 Å². The van der Waals surface area contributed by atoms with Crippen molar-refractivity contribution in [1.82, 2.24) is 15.2 Å². The van der Waals surface area contributed by atoms with Crippen LogP contribution in [0.5, 0.6) is 0 Å². The highest BCUT2D eigenvalue weighted by atomic mass is 16.5. The Bertz CT molecular complexity index is 1260. The van der Waals surface area contributed by atoms with Crippen molar-refractivity contribution in [3.05, 3.63) is 70.3 Å². The lowest BCUT2D eigenvalue weighted by molar-refractivity contribution is 0.0596. The van der Waals surface area contributed by atoms with Crippen LogP contribution in [0.2, 0.25) is 0 Å². The quantitative estimate of drug-likeness (QED) is 0.484. The molecule has 134 valence electrons. The van der Waals surface area contributed by atoms with E-state index in [0.717, 1.165) is 0 Å². The minimum atomic E-state index is -0.580. The number of benzene rings is 2. The van der Waals surface area contributed by atoms with Gasteiger partial charge in [-0.05, 0) is 35.7 Å². The first-order chi connectivity index (χ1) is 13.1. The van der Waals surface area contributed by atoms with Crippen molar-refractivity contribution in [2.45, 2.75) is 0 Å². The summed E-state index contributed by atoms with van der Waals surface area (Å²) < 4.78 is 4.70. The molecule has 2 aromatic heterocycles. The van der Waals surface area contributed by atoms with Crippen LogP contribution in [0.3, 0.4) is 0 Å². The second-order valence-electron chi connectivity index (χ2n) is 5.88. The number of fused-ring (bicyclic) bond motifs is 2. The summed E-state index contributed by atoms with van der Waals surface area (Å²) in [6.45, 7) is 0. The van der Waals surface area contributed by atoms with Gasteiger partial charge < -0.3 is 15.0 Å². The molecular weight excluding hydrogens is 348 g/mol. The molecule has 0 aliphatic heterocycles. The molecule has 0 unspecified atom stereocenters. The third-order valence-corrected chi connectivity index (χ3v) is 4.20. The number of aromatic amines is 2. The largest absolute Gasteiger partial charge is 0.464 e. The predicted octanol–water partition coefficient (Wildman–Crippen LogP) is 2.44. The van der Waals surface area contributed by atoms with E-state index in [1.807, 2.05) is 0 Å². The van der Waals surface area contributed by atoms with Gasteiger partial charge >= 0.3 is 5.97 Å². The van der Waals surface area contributed by atoms with Crippen LogP contribution in [0.4, 0.5) is 5.69 Å². The van der Waals surface area contributed by atoms with Gasteiger partial charge in [-0.3, -0.25) is 14.7 Å². The van der Waals surface area contributed by atoms with Crippen LogP contribution in [0.1, 0.15) is 21.0 Å². The Morgan fingerprint density at radius 1 is 1.07 bits per heavy atom. The normalized spacial score (nSPS) is 10.9. The van der Waals surface area contributed by atoms with Crippen molar-refractivity contribution in [2.75, 3.05) is 12.4 Å².